The first-order chi connectivity index (χ1) is 11.1. The normalized spacial score (nSPS) is 11.6. The van der Waals surface area contributed by atoms with Crippen LogP contribution in [0.4, 0.5) is 8.78 Å². The van der Waals surface area contributed by atoms with Crippen LogP contribution in [0.15, 0.2) is 24.3 Å². The fourth-order valence-electron chi connectivity index (χ4n) is 2.48. The van der Waals surface area contributed by atoms with Crippen molar-refractivity contribution in [1.82, 2.24) is 0 Å². The van der Waals surface area contributed by atoms with Gasteiger partial charge in [-0.3, -0.25) is 4.57 Å². The van der Waals surface area contributed by atoms with Crippen molar-refractivity contribution >= 4 is 12.9 Å². The summed E-state index contributed by atoms with van der Waals surface area (Å²) < 4.78 is 45.0. The Bertz CT molecular complexity index is 791. The van der Waals surface area contributed by atoms with Crippen LogP contribution >= 0.6 is 7.60 Å². The molecule has 0 saturated heterocycles. The lowest BCUT2D eigenvalue weighted by Crippen LogP contribution is -2.07. The minimum atomic E-state index is -4.40. The molecule has 0 saturated carbocycles. The van der Waals surface area contributed by atoms with Crippen molar-refractivity contribution in [2.24, 2.45) is 0 Å². The van der Waals surface area contributed by atoms with Crippen LogP contribution in [0, 0.1) is 25.5 Å². The Morgan fingerprint density at radius 2 is 1.67 bits per heavy atom. The van der Waals surface area contributed by atoms with Gasteiger partial charge >= 0.3 is 7.60 Å². The van der Waals surface area contributed by atoms with Crippen LogP contribution in [0.2, 0.25) is 0 Å². The van der Waals surface area contributed by atoms with Gasteiger partial charge in [0, 0.05) is 0 Å². The van der Waals surface area contributed by atoms with Crippen molar-refractivity contribution in [2.45, 2.75) is 33.6 Å². The largest absolute Gasteiger partial charge is 0.454 e. The van der Waals surface area contributed by atoms with Crippen molar-refractivity contribution in [3.05, 3.63) is 52.6 Å². The Morgan fingerprint density at radius 1 is 1.08 bits per heavy atom. The molecule has 0 aliphatic rings. The van der Waals surface area contributed by atoms with E-state index in [1.807, 2.05) is 6.92 Å². The maximum atomic E-state index is 14.2. The highest BCUT2D eigenvalue weighted by Gasteiger charge is 2.21. The molecule has 2 aromatic carbocycles. The number of ether oxygens (including phenoxy) is 1. The summed E-state index contributed by atoms with van der Waals surface area (Å²) in [5.41, 5.74) is 1.13. The van der Waals surface area contributed by atoms with Crippen LogP contribution in [0.3, 0.4) is 0 Å². The molecule has 0 heterocycles. The maximum Gasteiger partial charge on any atom is 0.356 e. The monoisotopic (exact) mass is 356 g/mol. The first kappa shape index (κ1) is 18.6. The molecule has 0 unspecified atom stereocenters. The van der Waals surface area contributed by atoms with Crippen LogP contribution in [0.5, 0.6) is 11.5 Å². The molecule has 2 rings (SSSR count). The van der Waals surface area contributed by atoms with E-state index in [9.17, 15) is 23.1 Å². The lowest BCUT2D eigenvalue weighted by molar-refractivity contribution is 0.387. The number of halogens is 2. The van der Waals surface area contributed by atoms with E-state index in [0.29, 0.717) is 24.0 Å². The van der Waals surface area contributed by atoms with Gasteiger partial charge in [-0.2, -0.15) is 4.39 Å². The van der Waals surface area contributed by atoms with Crippen molar-refractivity contribution in [3.63, 3.8) is 0 Å². The van der Waals surface area contributed by atoms with Gasteiger partial charge in [0.2, 0.25) is 5.82 Å². The smallest absolute Gasteiger partial charge is 0.356 e. The van der Waals surface area contributed by atoms with E-state index in [0.717, 1.165) is 0 Å². The number of benzene rings is 2. The van der Waals surface area contributed by atoms with Gasteiger partial charge in [0.05, 0.1) is 5.30 Å². The van der Waals surface area contributed by atoms with Crippen LogP contribution in [0.25, 0.3) is 0 Å². The zero-order valence-electron chi connectivity index (χ0n) is 13.6. The van der Waals surface area contributed by atoms with Gasteiger partial charge in [0.25, 0.3) is 0 Å². The third kappa shape index (κ3) is 3.83. The molecule has 0 spiro atoms. The topological polar surface area (TPSA) is 66.8 Å². The van der Waals surface area contributed by atoms with Crippen molar-refractivity contribution in [1.29, 1.82) is 0 Å². The standard InChI is InChI=1S/C17H19F2O4P/c1-4-5-12-6-7-14(16(19)15(12)18)23-17-10(2)8-13(9-11(17)3)24(20,21)22/h6-9H,4-5H2,1-3H3,(H2,20,21,22). The average molecular weight is 356 g/mol. The Hall–Kier alpha value is -1.75. The van der Waals surface area contributed by atoms with Gasteiger partial charge in [-0.15, -0.1) is 0 Å². The molecule has 0 bridgehead atoms. The van der Waals surface area contributed by atoms with E-state index in [1.165, 1.54) is 24.3 Å². The summed E-state index contributed by atoms with van der Waals surface area (Å²) >= 11 is 0. The highest BCUT2D eigenvalue weighted by Crippen LogP contribution is 2.38. The Kier molecular flexibility index (Phi) is 5.43. The summed E-state index contributed by atoms with van der Waals surface area (Å²) in [6, 6.07) is 5.40. The molecule has 0 atom stereocenters. The zero-order chi connectivity index (χ0) is 18.1. The number of hydrogen-bond donors (Lipinski definition) is 2. The molecular formula is C17H19F2O4P. The minimum Gasteiger partial charge on any atom is -0.454 e. The second kappa shape index (κ2) is 7.01. The summed E-state index contributed by atoms with van der Waals surface area (Å²) in [4.78, 5) is 18.5. The third-order valence-corrected chi connectivity index (χ3v) is 4.57. The number of rotatable bonds is 5. The fraction of sp³-hybridized carbons (Fsp3) is 0.294. The molecule has 24 heavy (non-hydrogen) atoms. The molecule has 0 fully saturated rings. The fourth-order valence-corrected chi connectivity index (χ4v) is 3.20. The summed E-state index contributed by atoms with van der Waals surface area (Å²) in [7, 11) is -4.40. The van der Waals surface area contributed by atoms with E-state index in [2.05, 4.69) is 0 Å². The SMILES string of the molecule is CCCc1ccc(Oc2c(C)cc(P(=O)(O)O)cc2C)c(F)c1F. The summed E-state index contributed by atoms with van der Waals surface area (Å²) in [5.74, 6) is -2.02. The van der Waals surface area contributed by atoms with Gasteiger partial charge in [-0.05, 0) is 55.2 Å². The molecule has 7 heteroatoms. The average Bonchev–Trinajstić information content (AvgIpc) is 2.48. The quantitative estimate of drug-likeness (QED) is 0.791. The van der Waals surface area contributed by atoms with Crippen LogP contribution in [-0.2, 0) is 11.0 Å². The molecular weight excluding hydrogens is 337 g/mol. The molecule has 0 amide bonds. The summed E-state index contributed by atoms with van der Waals surface area (Å²) in [5, 5.41) is -0.144. The zero-order valence-corrected chi connectivity index (χ0v) is 14.5. The van der Waals surface area contributed by atoms with Gasteiger partial charge in [0.15, 0.2) is 11.6 Å². The highest BCUT2D eigenvalue weighted by atomic mass is 31.2. The van der Waals surface area contributed by atoms with Gasteiger partial charge in [-0.25, -0.2) is 4.39 Å². The third-order valence-electron chi connectivity index (χ3n) is 3.64. The second-order valence-electron chi connectivity index (χ2n) is 5.66. The Morgan fingerprint density at radius 3 is 2.17 bits per heavy atom. The number of aryl methyl sites for hydroxylation is 3. The van der Waals surface area contributed by atoms with E-state index in [-0.39, 0.29) is 22.4 Å². The van der Waals surface area contributed by atoms with Crippen molar-refractivity contribution < 1.29 is 27.9 Å². The van der Waals surface area contributed by atoms with Gasteiger partial charge in [-0.1, -0.05) is 19.4 Å². The van der Waals surface area contributed by atoms with Gasteiger partial charge < -0.3 is 14.5 Å². The van der Waals surface area contributed by atoms with Crippen LogP contribution in [-0.4, -0.2) is 9.79 Å². The number of hydrogen-bond acceptors (Lipinski definition) is 2. The van der Waals surface area contributed by atoms with E-state index >= 15 is 0 Å². The molecule has 0 aliphatic heterocycles. The summed E-state index contributed by atoms with van der Waals surface area (Å²) in [6.45, 7) is 5.04. The van der Waals surface area contributed by atoms with Gasteiger partial charge in [0.1, 0.15) is 5.75 Å². The first-order valence-corrected chi connectivity index (χ1v) is 9.08. The summed E-state index contributed by atoms with van der Waals surface area (Å²) in [6.07, 6.45) is 1.12. The maximum absolute atomic E-state index is 14.2. The highest BCUT2D eigenvalue weighted by molar-refractivity contribution is 7.60. The van der Waals surface area contributed by atoms with Crippen LogP contribution in [0.1, 0.15) is 30.0 Å². The van der Waals surface area contributed by atoms with E-state index in [4.69, 9.17) is 4.74 Å². The van der Waals surface area contributed by atoms with Crippen molar-refractivity contribution in [2.75, 3.05) is 0 Å². The second-order valence-corrected chi connectivity index (χ2v) is 7.26. The minimum absolute atomic E-state index is 0.144. The predicted octanol–water partition coefficient (Wildman–Crippen LogP) is 4.13. The predicted molar refractivity (Wildman–Crippen MR) is 88.0 cm³/mol. The van der Waals surface area contributed by atoms with E-state index in [1.54, 1.807) is 13.8 Å². The van der Waals surface area contributed by atoms with Crippen LogP contribution < -0.4 is 10.0 Å². The molecule has 4 nitrogen and oxygen atoms in total. The molecule has 2 aromatic rings. The first-order valence-electron chi connectivity index (χ1n) is 7.47. The lowest BCUT2D eigenvalue weighted by Gasteiger charge is -2.15. The van der Waals surface area contributed by atoms with Crippen molar-refractivity contribution in [3.8, 4) is 11.5 Å². The van der Waals surface area contributed by atoms with E-state index < -0.39 is 19.2 Å². The molecule has 0 aromatic heterocycles. The molecule has 0 aliphatic carbocycles. The molecule has 130 valence electrons. The Labute approximate surface area is 139 Å². The Balaban J connectivity index is 2.42. The molecule has 2 N–H and O–H groups in total. The lowest BCUT2D eigenvalue weighted by atomic mass is 10.1. The molecule has 0 radical (unpaired) electrons.